The van der Waals surface area contributed by atoms with Crippen LogP contribution in [0.2, 0.25) is 0 Å². The Morgan fingerprint density at radius 2 is 1.96 bits per heavy atom. The first-order valence-corrected chi connectivity index (χ1v) is 8.76. The molecule has 4 nitrogen and oxygen atoms in total. The molecule has 25 heavy (non-hydrogen) atoms. The molecule has 0 aromatic heterocycles. The first kappa shape index (κ1) is 16.1. The van der Waals surface area contributed by atoms with Gasteiger partial charge in [-0.2, -0.15) is 0 Å². The quantitative estimate of drug-likeness (QED) is 0.923. The van der Waals surface area contributed by atoms with Crippen molar-refractivity contribution >= 4 is 11.6 Å². The van der Waals surface area contributed by atoms with Gasteiger partial charge in [0.15, 0.2) is 0 Å². The zero-order chi connectivity index (χ0) is 17.2. The lowest BCUT2D eigenvalue weighted by atomic mass is 9.91. The third kappa shape index (κ3) is 3.51. The lowest BCUT2D eigenvalue weighted by Crippen LogP contribution is -2.40. The van der Waals surface area contributed by atoms with Crippen LogP contribution in [0.25, 0.3) is 0 Å². The van der Waals surface area contributed by atoms with E-state index in [1.807, 2.05) is 12.1 Å². The van der Waals surface area contributed by atoms with Crippen LogP contribution in [0.15, 0.2) is 42.5 Å². The van der Waals surface area contributed by atoms with Crippen LogP contribution in [0.5, 0.6) is 5.75 Å². The van der Waals surface area contributed by atoms with Gasteiger partial charge < -0.3 is 10.1 Å². The molecule has 0 bridgehead atoms. The number of carbonyl (C=O) groups is 1. The third-order valence-electron chi connectivity index (χ3n) is 5.03. The van der Waals surface area contributed by atoms with Crippen molar-refractivity contribution in [3.8, 4) is 5.75 Å². The molecular weight excluding hydrogens is 319 g/mol. The second-order valence-corrected chi connectivity index (χ2v) is 6.69. The van der Waals surface area contributed by atoms with E-state index in [9.17, 15) is 9.18 Å². The highest BCUT2D eigenvalue weighted by atomic mass is 19.1. The Morgan fingerprint density at radius 3 is 2.68 bits per heavy atom. The molecule has 2 aromatic rings. The number of fused-ring (bicyclic) bond motifs is 1. The molecular formula is C20H21FN2O2. The van der Waals surface area contributed by atoms with E-state index in [0.717, 1.165) is 24.4 Å². The van der Waals surface area contributed by atoms with Gasteiger partial charge in [-0.15, -0.1) is 0 Å². The molecule has 1 N–H and O–H groups in total. The standard InChI is InChI=1S/C20H21FN2O2/c21-16-6-8-17(9-7-16)22-20(24)14-4-5-15-13-23(18-2-1-3-18)10-11-25-19(15)12-14/h4-9,12,18H,1-3,10-11,13H2,(H,22,24). The normalized spacial score (nSPS) is 17.8. The fraction of sp³-hybridized carbons (Fsp3) is 0.350. The van der Waals surface area contributed by atoms with E-state index < -0.39 is 0 Å². The molecule has 0 saturated heterocycles. The molecule has 4 rings (SSSR count). The van der Waals surface area contributed by atoms with Gasteiger partial charge in [-0.3, -0.25) is 9.69 Å². The molecule has 1 saturated carbocycles. The van der Waals surface area contributed by atoms with Gasteiger partial charge in [0, 0.05) is 35.9 Å². The molecule has 2 aromatic carbocycles. The SMILES string of the molecule is O=C(Nc1ccc(F)cc1)c1ccc2c(c1)OCCN(C1CCC1)C2. The number of rotatable bonds is 3. The van der Waals surface area contributed by atoms with Crippen LogP contribution in [0, 0.1) is 5.82 Å². The largest absolute Gasteiger partial charge is 0.492 e. The number of hydrogen-bond acceptors (Lipinski definition) is 3. The summed E-state index contributed by atoms with van der Waals surface area (Å²) in [4.78, 5) is 14.9. The fourth-order valence-corrected chi connectivity index (χ4v) is 3.33. The Morgan fingerprint density at radius 1 is 1.16 bits per heavy atom. The van der Waals surface area contributed by atoms with E-state index in [0.29, 0.717) is 23.9 Å². The van der Waals surface area contributed by atoms with Gasteiger partial charge in [0.1, 0.15) is 18.2 Å². The van der Waals surface area contributed by atoms with Gasteiger partial charge in [0.2, 0.25) is 0 Å². The Balaban J connectivity index is 1.49. The van der Waals surface area contributed by atoms with Gasteiger partial charge in [-0.05, 0) is 49.2 Å². The summed E-state index contributed by atoms with van der Waals surface area (Å²) in [7, 11) is 0. The van der Waals surface area contributed by atoms with Crippen LogP contribution in [0.3, 0.4) is 0 Å². The van der Waals surface area contributed by atoms with Crippen molar-refractivity contribution in [1.29, 1.82) is 0 Å². The summed E-state index contributed by atoms with van der Waals surface area (Å²) in [6, 6.07) is 12.0. The number of ether oxygens (including phenoxy) is 1. The van der Waals surface area contributed by atoms with Gasteiger partial charge in [0.05, 0.1) is 0 Å². The minimum Gasteiger partial charge on any atom is -0.492 e. The van der Waals surface area contributed by atoms with E-state index in [1.165, 1.54) is 31.4 Å². The lowest BCUT2D eigenvalue weighted by molar-refractivity contribution is 0.102. The maximum atomic E-state index is 13.0. The van der Waals surface area contributed by atoms with E-state index in [2.05, 4.69) is 10.2 Å². The Labute approximate surface area is 146 Å². The Hall–Kier alpha value is -2.40. The van der Waals surface area contributed by atoms with Crippen LogP contribution in [0.4, 0.5) is 10.1 Å². The Kier molecular flexibility index (Phi) is 4.40. The molecule has 1 fully saturated rings. The second kappa shape index (κ2) is 6.84. The summed E-state index contributed by atoms with van der Waals surface area (Å²) in [5.74, 6) is 0.235. The van der Waals surface area contributed by atoms with E-state index in [4.69, 9.17) is 4.74 Å². The van der Waals surface area contributed by atoms with Crippen molar-refractivity contribution < 1.29 is 13.9 Å². The van der Waals surface area contributed by atoms with Crippen molar-refractivity contribution in [1.82, 2.24) is 4.90 Å². The maximum Gasteiger partial charge on any atom is 0.255 e. The topological polar surface area (TPSA) is 41.6 Å². The molecule has 1 amide bonds. The highest BCUT2D eigenvalue weighted by molar-refractivity contribution is 6.04. The number of hydrogen-bond donors (Lipinski definition) is 1. The predicted octanol–water partition coefficient (Wildman–Crippen LogP) is 3.82. The molecule has 130 valence electrons. The van der Waals surface area contributed by atoms with Crippen LogP contribution in [-0.2, 0) is 6.54 Å². The average Bonchev–Trinajstić information content (AvgIpc) is 2.76. The number of halogens is 1. The fourth-order valence-electron chi connectivity index (χ4n) is 3.33. The summed E-state index contributed by atoms with van der Waals surface area (Å²) >= 11 is 0. The number of benzene rings is 2. The number of nitrogens with zero attached hydrogens (tertiary/aromatic N) is 1. The highest BCUT2D eigenvalue weighted by Gasteiger charge is 2.27. The first-order chi connectivity index (χ1) is 12.2. The van der Waals surface area contributed by atoms with Gasteiger partial charge in [0.25, 0.3) is 5.91 Å². The van der Waals surface area contributed by atoms with Crippen LogP contribution >= 0.6 is 0 Å². The van der Waals surface area contributed by atoms with Crippen LogP contribution in [-0.4, -0.2) is 30.0 Å². The molecule has 2 aliphatic rings. The summed E-state index contributed by atoms with van der Waals surface area (Å²) in [5, 5.41) is 2.78. The monoisotopic (exact) mass is 340 g/mol. The molecule has 0 unspecified atom stereocenters. The number of amides is 1. The number of anilines is 1. The molecule has 1 heterocycles. The molecule has 1 aliphatic carbocycles. The minimum atomic E-state index is -0.326. The van der Waals surface area contributed by atoms with E-state index in [-0.39, 0.29) is 11.7 Å². The average molecular weight is 340 g/mol. The van der Waals surface area contributed by atoms with Gasteiger partial charge in [-0.1, -0.05) is 12.5 Å². The maximum absolute atomic E-state index is 13.0. The zero-order valence-electron chi connectivity index (χ0n) is 14.0. The van der Waals surface area contributed by atoms with E-state index in [1.54, 1.807) is 18.2 Å². The highest BCUT2D eigenvalue weighted by Crippen LogP contribution is 2.31. The second-order valence-electron chi connectivity index (χ2n) is 6.69. The van der Waals surface area contributed by atoms with Crippen molar-refractivity contribution in [2.75, 3.05) is 18.5 Å². The molecule has 0 atom stereocenters. The first-order valence-electron chi connectivity index (χ1n) is 8.76. The van der Waals surface area contributed by atoms with Gasteiger partial charge in [-0.25, -0.2) is 4.39 Å². The van der Waals surface area contributed by atoms with Gasteiger partial charge >= 0.3 is 0 Å². The molecule has 5 heteroatoms. The van der Waals surface area contributed by atoms with Crippen LogP contribution in [0.1, 0.15) is 35.2 Å². The summed E-state index contributed by atoms with van der Waals surface area (Å²) in [5.41, 5.74) is 2.24. The summed E-state index contributed by atoms with van der Waals surface area (Å²) in [6.45, 7) is 2.45. The Bertz CT molecular complexity index is 772. The molecule has 1 aliphatic heterocycles. The number of carbonyl (C=O) groups excluding carboxylic acids is 1. The van der Waals surface area contributed by atoms with Crippen molar-refractivity contribution in [3.63, 3.8) is 0 Å². The smallest absolute Gasteiger partial charge is 0.255 e. The minimum absolute atomic E-state index is 0.224. The van der Waals surface area contributed by atoms with Crippen molar-refractivity contribution in [2.24, 2.45) is 0 Å². The van der Waals surface area contributed by atoms with E-state index >= 15 is 0 Å². The van der Waals surface area contributed by atoms with Crippen molar-refractivity contribution in [3.05, 3.63) is 59.4 Å². The molecule has 0 radical (unpaired) electrons. The summed E-state index contributed by atoms with van der Waals surface area (Å²) in [6.07, 6.45) is 3.86. The van der Waals surface area contributed by atoms with Crippen LogP contribution < -0.4 is 10.1 Å². The number of nitrogens with one attached hydrogen (secondary N) is 1. The van der Waals surface area contributed by atoms with Crippen molar-refractivity contribution in [2.45, 2.75) is 31.8 Å². The predicted molar refractivity (Wildman–Crippen MR) is 94.3 cm³/mol. The zero-order valence-corrected chi connectivity index (χ0v) is 14.0. The lowest BCUT2D eigenvalue weighted by Gasteiger charge is -2.36. The molecule has 0 spiro atoms. The summed E-state index contributed by atoms with van der Waals surface area (Å²) < 4.78 is 18.8. The third-order valence-corrected chi connectivity index (χ3v) is 5.03.